The Balaban J connectivity index is 1.36. The average Bonchev–Trinajstić information content (AvgIpc) is 3.58. The highest BCUT2D eigenvalue weighted by Crippen LogP contribution is 2.43. The molecule has 2 aromatic carbocycles. The summed E-state index contributed by atoms with van der Waals surface area (Å²) in [6.45, 7) is 10.5. The molecule has 5 rings (SSSR count). The summed E-state index contributed by atoms with van der Waals surface area (Å²) >= 11 is 5.94. The SMILES string of the molecule is CCOC(=O)C1(Cc2cn(-c3cc(C)cc(C)c3)nn2)CCN(C(=O)C2CC(=O)N(C(C)C)C2c2ccc(Cl)c(F)c2)CC1. The first kappa shape index (κ1) is 31.6. The van der Waals surface area contributed by atoms with E-state index in [1.807, 2.05) is 46.0 Å². The predicted molar refractivity (Wildman–Crippen MR) is 164 cm³/mol. The van der Waals surface area contributed by atoms with Crippen LogP contribution in [0.1, 0.15) is 68.5 Å². The summed E-state index contributed by atoms with van der Waals surface area (Å²) in [5.41, 5.74) is 3.44. The number of carbonyl (C=O) groups excluding carboxylic acids is 3. The van der Waals surface area contributed by atoms with Gasteiger partial charge in [0.2, 0.25) is 11.8 Å². The van der Waals surface area contributed by atoms with Crippen LogP contribution in [-0.2, 0) is 25.5 Å². The van der Waals surface area contributed by atoms with Gasteiger partial charge in [-0.25, -0.2) is 9.07 Å². The number of halogens is 2. The Morgan fingerprint density at radius 2 is 1.80 bits per heavy atom. The third-order valence-corrected chi connectivity index (χ3v) is 9.10. The molecule has 2 unspecified atom stereocenters. The van der Waals surface area contributed by atoms with Crippen molar-refractivity contribution in [2.45, 2.75) is 72.4 Å². The number of piperidine rings is 1. The van der Waals surface area contributed by atoms with Gasteiger partial charge in [-0.15, -0.1) is 5.10 Å². The number of hydrogen-bond donors (Lipinski definition) is 0. The molecule has 2 fully saturated rings. The Labute approximate surface area is 262 Å². The van der Waals surface area contributed by atoms with E-state index < -0.39 is 23.2 Å². The Morgan fingerprint density at radius 3 is 2.41 bits per heavy atom. The van der Waals surface area contributed by atoms with E-state index in [0.29, 0.717) is 43.6 Å². The summed E-state index contributed by atoms with van der Waals surface area (Å²) in [7, 11) is 0. The van der Waals surface area contributed by atoms with Gasteiger partial charge in [-0.1, -0.05) is 28.9 Å². The van der Waals surface area contributed by atoms with Gasteiger partial charge in [-0.05, 0) is 88.4 Å². The van der Waals surface area contributed by atoms with E-state index in [9.17, 15) is 18.8 Å². The van der Waals surface area contributed by atoms with Crippen molar-refractivity contribution in [1.29, 1.82) is 0 Å². The second kappa shape index (κ2) is 12.7. The molecule has 2 atom stereocenters. The first-order chi connectivity index (χ1) is 20.9. The average molecular weight is 624 g/mol. The van der Waals surface area contributed by atoms with Gasteiger partial charge < -0.3 is 14.5 Å². The Bertz CT molecular complexity index is 1540. The lowest BCUT2D eigenvalue weighted by molar-refractivity contribution is -0.161. The number of likely N-dealkylation sites (tertiary alicyclic amines) is 2. The van der Waals surface area contributed by atoms with Gasteiger partial charge >= 0.3 is 5.97 Å². The van der Waals surface area contributed by atoms with E-state index >= 15 is 0 Å². The van der Waals surface area contributed by atoms with Gasteiger partial charge in [0.1, 0.15) is 5.82 Å². The minimum Gasteiger partial charge on any atom is -0.466 e. The van der Waals surface area contributed by atoms with Crippen molar-refractivity contribution in [3.63, 3.8) is 0 Å². The molecule has 1 aromatic heterocycles. The van der Waals surface area contributed by atoms with Crippen LogP contribution in [0.4, 0.5) is 4.39 Å². The normalized spacial score (nSPS) is 20.0. The van der Waals surface area contributed by atoms with Crippen molar-refractivity contribution in [2.75, 3.05) is 19.7 Å². The second-order valence-electron chi connectivity index (χ2n) is 12.3. The monoisotopic (exact) mass is 623 g/mol. The molecule has 0 bridgehead atoms. The van der Waals surface area contributed by atoms with Crippen LogP contribution in [0.2, 0.25) is 5.02 Å². The Morgan fingerprint density at radius 1 is 1.11 bits per heavy atom. The molecule has 2 aliphatic rings. The summed E-state index contributed by atoms with van der Waals surface area (Å²) in [5.74, 6) is -1.92. The maximum atomic E-state index is 14.5. The van der Waals surface area contributed by atoms with Crippen LogP contribution in [0.3, 0.4) is 0 Å². The number of carbonyl (C=O) groups is 3. The molecule has 0 spiro atoms. The molecule has 234 valence electrons. The largest absolute Gasteiger partial charge is 0.466 e. The number of aromatic nitrogens is 3. The fourth-order valence-corrected chi connectivity index (χ4v) is 6.85. The van der Waals surface area contributed by atoms with Crippen molar-refractivity contribution in [3.8, 4) is 5.69 Å². The molecule has 9 nitrogen and oxygen atoms in total. The van der Waals surface area contributed by atoms with Crippen molar-refractivity contribution >= 4 is 29.4 Å². The topological polar surface area (TPSA) is 97.6 Å². The fourth-order valence-electron chi connectivity index (χ4n) is 6.74. The van der Waals surface area contributed by atoms with E-state index in [1.54, 1.807) is 27.5 Å². The van der Waals surface area contributed by atoms with Crippen LogP contribution in [0.25, 0.3) is 5.69 Å². The summed E-state index contributed by atoms with van der Waals surface area (Å²) in [6, 6.07) is 9.79. The first-order valence-electron chi connectivity index (χ1n) is 15.1. The predicted octanol–water partition coefficient (Wildman–Crippen LogP) is 5.39. The lowest BCUT2D eigenvalue weighted by Gasteiger charge is -2.41. The van der Waals surface area contributed by atoms with Crippen molar-refractivity contribution in [2.24, 2.45) is 11.3 Å². The van der Waals surface area contributed by atoms with Crippen LogP contribution in [0.15, 0.2) is 42.6 Å². The number of amides is 2. The van der Waals surface area contributed by atoms with Crippen molar-refractivity contribution < 1.29 is 23.5 Å². The first-order valence-corrected chi connectivity index (χ1v) is 15.5. The van der Waals surface area contributed by atoms with Gasteiger partial charge in [0.05, 0.1) is 46.6 Å². The smallest absolute Gasteiger partial charge is 0.312 e. The molecule has 44 heavy (non-hydrogen) atoms. The third-order valence-electron chi connectivity index (χ3n) is 8.79. The van der Waals surface area contributed by atoms with E-state index in [2.05, 4.69) is 16.4 Å². The van der Waals surface area contributed by atoms with E-state index in [4.69, 9.17) is 16.3 Å². The highest BCUT2D eigenvalue weighted by Gasteiger charge is 2.49. The molecule has 11 heteroatoms. The van der Waals surface area contributed by atoms with Gasteiger partial charge in [-0.3, -0.25) is 14.4 Å². The molecular formula is C33H39ClFN5O4. The number of hydrogen-bond acceptors (Lipinski definition) is 6. The molecule has 2 saturated heterocycles. The van der Waals surface area contributed by atoms with Crippen molar-refractivity contribution in [3.05, 3.63) is 75.8 Å². The molecular weight excluding hydrogens is 585 g/mol. The van der Waals surface area contributed by atoms with E-state index in [1.165, 1.54) is 12.1 Å². The zero-order chi connectivity index (χ0) is 31.8. The van der Waals surface area contributed by atoms with E-state index in [0.717, 1.165) is 16.8 Å². The number of rotatable bonds is 8. The summed E-state index contributed by atoms with van der Waals surface area (Å²) < 4.78 is 21.7. The number of aryl methyl sites for hydroxylation is 2. The van der Waals surface area contributed by atoms with Gasteiger partial charge in [0, 0.05) is 32.0 Å². The molecule has 2 aliphatic heterocycles. The Hall–Kier alpha value is -3.79. The highest BCUT2D eigenvalue weighted by molar-refractivity contribution is 6.30. The number of ether oxygens (including phenoxy) is 1. The molecule has 2 amide bonds. The number of nitrogens with zero attached hydrogens (tertiary/aromatic N) is 5. The van der Waals surface area contributed by atoms with Crippen LogP contribution >= 0.6 is 11.6 Å². The zero-order valence-corrected chi connectivity index (χ0v) is 26.6. The molecule has 3 aromatic rings. The maximum absolute atomic E-state index is 14.5. The number of benzene rings is 2. The highest BCUT2D eigenvalue weighted by atomic mass is 35.5. The van der Waals surface area contributed by atoms with Crippen molar-refractivity contribution in [1.82, 2.24) is 24.8 Å². The zero-order valence-electron chi connectivity index (χ0n) is 25.8. The summed E-state index contributed by atoms with van der Waals surface area (Å²) in [4.78, 5) is 43.9. The standard InChI is InChI=1S/C33H39ClFN5O4/c1-6-44-32(43)33(18-24-19-39(37-36-24)25-14-21(4)13-22(5)15-25)9-11-38(12-10-33)31(42)26-17-29(41)40(20(2)3)30(26)23-7-8-27(34)28(35)16-23/h7-8,13-16,19-20,26,30H,6,9-12,17-18H2,1-5H3. The van der Waals surface area contributed by atoms with Crippen LogP contribution in [0, 0.1) is 31.0 Å². The van der Waals surface area contributed by atoms with Crippen LogP contribution in [-0.4, -0.2) is 68.3 Å². The lowest BCUT2D eigenvalue weighted by atomic mass is 9.74. The van der Waals surface area contributed by atoms with Gasteiger partial charge in [0.25, 0.3) is 0 Å². The van der Waals surface area contributed by atoms with Crippen LogP contribution in [0.5, 0.6) is 0 Å². The summed E-state index contributed by atoms with van der Waals surface area (Å²) in [5, 5.41) is 8.69. The minimum absolute atomic E-state index is 0.0163. The Kier molecular flexibility index (Phi) is 9.11. The number of esters is 1. The molecule has 0 radical (unpaired) electrons. The fraction of sp³-hybridized carbons (Fsp3) is 0.485. The molecule has 0 aliphatic carbocycles. The third kappa shape index (κ3) is 6.22. The van der Waals surface area contributed by atoms with Crippen LogP contribution < -0.4 is 0 Å². The quantitative estimate of drug-likeness (QED) is 0.312. The summed E-state index contributed by atoms with van der Waals surface area (Å²) in [6.07, 6.45) is 2.96. The second-order valence-corrected chi connectivity index (χ2v) is 12.7. The van der Waals surface area contributed by atoms with E-state index in [-0.39, 0.29) is 41.9 Å². The molecule has 0 saturated carbocycles. The van der Waals surface area contributed by atoms with Gasteiger partial charge in [-0.2, -0.15) is 0 Å². The maximum Gasteiger partial charge on any atom is 0.312 e. The van der Waals surface area contributed by atoms with Gasteiger partial charge in [0.15, 0.2) is 0 Å². The minimum atomic E-state index is -0.871. The molecule has 0 N–H and O–H groups in total. The molecule has 3 heterocycles. The lowest BCUT2D eigenvalue weighted by Crippen LogP contribution is -2.50.